The van der Waals surface area contributed by atoms with Crippen LogP contribution in [0.15, 0.2) is 18.2 Å². The maximum absolute atomic E-state index is 4.98. The highest BCUT2D eigenvalue weighted by molar-refractivity contribution is 7.09. The van der Waals surface area contributed by atoms with Gasteiger partial charge in [0.05, 0.1) is 6.61 Å². The highest BCUT2D eigenvalue weighted by Gasteiger charge is 1.96. The van der Waals surface area contributed by atoms with Gasteiger partial charge in [-0.3, -0.25) is 0 Å². The minimum atomic E-state index is 0.679. The Bertz CT molecular complexity index is 245. The van der Waals surface area contributed by atoms with Gasteiger partial charge in [0.15, 0.2) is 0 Å². The van der Waals surface area contributed by atoms with Crippen molar-refractivity contribution in [2.75, 3.05) is 0 Å². The lowest BCUT2D eigenvalue weighted by Gasteiger charge is -2.04. The molecule has 1 atom stereocenters. The Morgan fingerprint density at radius 2 is 2.09 bits per heavy atom. The van der Waals surface area contributed by atoms with Crippen LogP contribution in [-0.2, 0) is 11.1 Å². The third kappa shape index (κ3) is 2.28. The molecular weight excluding hydrogens is 155 g/mol. The molecule has 0 saturated carbocycles. The summed E-state index contributed by atoms with van der Waals surface area (Å²) >= 11 is 0. The maximum Gasteiger partial charge on any atom is 0.0755 e. The first-order valence-electron chi connectivity index (χ1n) is 3.62. The highest BCUT2D eigenvalue weighted by atomic mass is 31.0. The highest BCUT2D eigenvalue weighted by Crippen LogP contribution is 2.12. The van der Waals surface area contributed by atoms with Crippen LogP contribution < -0.4 is 0 Å². The summed E-state index contributed by atoms with van der Waals surface area (Å²) in [5.74, 6) is 0. The minimum Gasteiger partial charge on any atom is -0.361 e. The second-order valence-corrected chi connectivity index (χ2v) is 3.07. The van der Waals surface area contributed by atoms with Crippen molar-refractivity contribution in [3.8, 4) is 0 Å². The Hall–Kier alpha value is -0.390. The molecular formula is C9H13OP. The fourth-order valence-corrected chi connectivity index (χ4v) is 1.23. The average Bonchev–Trinajstić information content (AvgIpc) is 1.98. The lowest BCUT2D eigenvalue weighted by Crippen LogP contribution is -1.89. The summed E-state index contributed by atoms with van der Waals surface area (Å²) < 4.78 is 4.98. The molecule has 0 aliphatic rings. The monoisotopic (exact) mass is 168 g/mol. The minimum absolute atomic E-state index is 0.679. The molecule has 1 nitrogen and oxygen atoms in total. The van der Waals surface area contributed by atoms with E-state index in [2.05, 4.69) is 41.5 Å². The molecule has 60 valence electrons. The van der Waals surface area contributed by atoms with Crippen LogP contribution in [0.5, 0.6) is 0 Å². The Labute approximate surface area is 70.1 Å². The van der Waals surface area contributed by atoms with Crippen molar-refractivity contribution in [1.29, 1.82) is 0 Å². The molecule has 1 aromatic rings. The van der Waals surface area contributed by atoms with E-state index in [0.717, 1.165) is 0 Å². The second kappa shape index (κ2) is 3.85. The lowest BCUT2D eigenvalue weighted by molar-refractivity contribution is 0.360. The molecule has 0 N–H and O–H groups in total. The quantitative estimate of drug-likeness (QED) is 0.617. The first-order valence-corrected chi connectivity index (χ1v) is 4.09. The number of benzene rings is 1. The predicted octanol–water partition coefficient (Wildman–Crippen LogP) is 2.61. The second-order valence-electron chi connectivity index (χ2n) is 2.74. The van der Waals surface area contributed by atoms with E-state index in [1.165, 1.54) is 16.7 Å². The molecule has 2 heteroatoms. The third-order valence-electron chi connectivity index (χ3n) is 1.74. The molecule has 0 aliphatic carbocycles. The lowest BCUT2D eigenvalue weighted by atomic mass is 10.1. The Kier molecular flexibility index (Phi) is 3.04. The molecule has 1 unspecified atom stereocenters. The maximum atomic E-state index is 4.98. The average molecular weight is 168 g/mol. The number of rotatable bonds is 2. The van der Waals surface area contributed by atoms with Crippen LogP contribution in [-0.4, -0.2) is 0 Å². The molecule has 1 aromatic carbocycles. The van der Waals surface area contributed by atoms with E-state index < -0.39 is 0 Å². The smallest absolute Gasteiger partial charge is 0.0755 e. The normalized spacial score (nSPS) is 10.1. The first kappa shape index (κ1) is 8.70. The molecule has 0 amide bonds. The van der Waals surface area contributed by atoms with Gasteiger partial charge >= 0.3 is 0 Å². The van der Waals surface area contributed by atoms with Gasteiger partial charge < -0.3 is 4.52 Å². The fraction of sp³-hybridized carbons (Fsp3) is 0.333. The summed E-state index contributed by atoms with van der Waals surface area (Å²) in [5.41, 5.74) is 3.84. The van der Waals surface area contributed by atoms with Crippen LogP contribution in [0.25, 0.3) is 0 Å². The van der Waals surface area contributed by atoms with Crippen LogP contribution in [0.1, 0.15) is 16.7 Å². The van der Waals surface area contributed by atoms with Crippen molar-refractivity contribution < 1.29 is 4.52 Å². The Balaban J connectivity index is 2.93. The molecule has 0 aromatic heterocycles. The van der Waals surface area contributed by atoms with Gasteiger partial charge in [0, 0.05) is 9.47 Å². The van der Waals surface area contributed by atoms with Crippen LogP contribution in [0.2, 0.25) is 0 Å². The van der Waals surface area contributed by atoms with Crippen molar-refractivity contribution in [2.45, 2.75) is 20.5 Å². The zero-order valence-electron chi connectivity index (χ0n) is 6.92. The topological polar surface area (TPSA) is 9.23 Å². The number of aryl methyl sites for hydroxylation is 2. The summed E-state index contributed by atoms with van der Waals surface area (Å²) in [6.07, 6.45) is 0. The third-order valence-corrected chi connectivity index (χ3v) is 1.91. The van der Waals surface area contributed by atoms with Crippen LogP contribution in [0.4, 0.5) is 0 Å². The zero-order chi connectivity index (χ0) is 8.27. The zero-order valence-corrected chi connectivity index (χ0v) is 8.08. The van der Waals surface area contributed by atoms with E-state index in [1.807, 2.05) is 0 Å². The SMILES string of the molecule is Cc1ccc(C)c(COP)c1. The molecule has 11 heavy (non-hydrogen) atoms. The van der Waals surface area contributed by atoms with E-state index in [1.54, 1.807) is 0 Å². The number of hydrogen-bond acceptors (Lipinski definition) is 1. The molecule has 0 fully saturated rings. The van der Waals surface area contributed by atoms with Gasteiger partial charge in [-0.05, 0) is 25.0 Å². The van der Waals surface area contributed by atoms with Crippen molar-refractivity contribution in [3.63, 3.8) is 0 Å². The standard InChI is InChI=1S/C9H13OP/c1-7-3-4-8(2)9(5-7)6-10-11/h3-5H,6,11H2,1-2H3. The fourth-order valence-electron chi connectivity index (χ4n) is 1.05. The van der Waals surface area contributed by atoms with Crippen LogP contribution in [0.3, 0.4) is 0 Å². The molecule has 0 spiro atoms. The molecule has 1 rings (SSSR count). The van der Waals surface area contributed by atoms with E-state index >= 15 is 0 Å². The summed E-state index contributed by atoms with van der Waals surface area (Å²) in [7, 11) is 2.27. The van der Waals surface area contributed by atoms with Gasteiger partial charge in [-0.2, -0.15) is 0 Å². The van der Waals surface area contributed by atoms with Crippen molar-refractivity contribution in [3.05, 3.63) is 34.9 Å². The van der Waals surface area contributed by atoms with Crippen LogP contribution >= 0.6 is 9.47 Å². The Morgan fingerprint density at radius 3 is 2.73 bits per heavy atom. The van der Waals surface area contributed by atoms with Gasteiger partial charge in [-0.15, -0.1) is 0 Å². The van der Waals surface area contributed by atoms with E-state index in [0.29, 0.717) is 6.61 Å². The largest absolute Gasteiger partial charge is 0.361 e. The van der Waals surface area contributed by atoms with Crippen molar-refractivity contribution in [2.24, 2.45) is 0 Å². The summed E-state index contributed by atoms with van der Waals surface area (Å²) in [4.78, 5) is 0. The van der Waals surface area contributed by atoms with Gasteiger partial charge in [-0.25, -0.2) is 0 Å². The predicted molar refractivity (Wildman–Crippen MR) is 50.4 cm³/mol. The summed E-state index contributed by atoms with van der Waals surface area (Å²) in [6, 6.07) is 6.38. The summed E-state index contributed by atoms with van der Waals surface area (Å²) in [5, 5.41) is 0. The Morgan fingerprint density at radius 1 is 1.36 bits per heavy atom. The van der Waals surface area contributed by atoms with Crippen molar-refractivity contribution in [1.82, 2.24) is 0 Å². The van der Waals surface area contributed by atoms with Gasteiger partial charge in [0.2, 0.25) is 0 Å². The van der Waals surface area contributed by atoms with E-state index in [-0.39, 0.29) is 0 Å². The van der Waals surface area contributed by atoms with Gasteiger partial charge in [-0.1, -0.05) is 23.8 Å². The van der Waals surface area contributed by atoms with Crippen LogP contribution in [0, 0.1) is 13.8 Å². The molecule has 0 aliphatic heterocycles. The summed E-state index contributed by atoms with van der Waals surface area (Å²) in [6.45, 7) is 4.86. The molecule has 0 heterocycles. The first-order chi connectivity index (χ1) is 5.24. The van der Waals surface area contributed by atoms with Gasteiger partial charge in [0.1, 0.15) is 0 Å². The van der Waals surface area contributed by atoms with E-state index in [4.69, 9.17) is 4.52 Å². The van der Waals surface area contributed by atoms with E-state index in [9.17, 15) is 0 Å². The molecule has 0 saturated heterocycles. The van der Waals surface area contributed by atoms with Gasteiger partial charge in [0.25, 0.3) is 0 Å². The molecule has 0 bridgehead atoms. The molecule has 0 radical (unpaired) electrons. The number of hydrogen-bond donors (Lipinski definition) is 0. The van der Waals surface area contributed by atoms with Crippen molar-refractivity contribution >= 4 is 9.47 Å².